The fourth-order valence-corrected chi connectivity index (χ4v) is 2.98. The zero-order chi connectivity index (χ0) is 13.0. The highest BCUT2D eigenvalue weighted by Crippen LogP contribution is 2.22. The third-order valence-corrected chi connectivity index (χ3v) is 4.34. The number of benzene rings is 1. The van der Waals surface area contributed by atoms with Crippen molar-refractivity contribution < 1.29 is 4.74 Å². The van der Waals surface area contributed by atoms with E-state index in [0.717, 1.165) is 23.4 Å². The molecule has 18 heavy (non-hydrogen) atoms. The largest absolute Gasteiger partial charge is 0.492 e. The summed E-state index contributed by atoms with van der Waals surface area (Å²) in [6.45, 7) is 6.46. The van der Waals surface area contributed by atoms with Crippen molar-refractivity contribution >= 4 is 15.9 Å². The van der Waals surface area contributed by atoms with Crippen molar-refractivity contribution in [3.63, 3.8) is 0 Å². The van der Waals surface area contributed by atoms with Gasteiger partial charge in [0.05, 0.1) is 0 Å². The summed E-state index contributed by atoms with van der Waals surface area (Å²) in [5.41, 5.74) is 0. The third-order valence-electron chi connectivity index (χ3n) is 3.81. The smallest absolute Gasteiger partial charge is 0.119 e. The molecule has 1 aliphatic heterocycles. The molecule has 2 rings (SSSR count). The number of ether oxygens (including phenoxy) is 1. The van der Waals surface area contributed by atoms with Crippen LogP contribution in [0.15, 0.2) is 28.7 Å². The summed E-state index contributed by atoms with van der Waals surface area (Å²) in [7, 11) is 0. The normalized spacial score (nSPS) is 25.1. The van der Waals surface area contributed by atoms with Crippen molar-refractivity contribution in [2.24, 2.45) is 0 Å². The van der Waals surface area contributed by atoms with Crippen LogP contribution in [0.2, 0.25) is 0 Å². The molecule has 1 aromatic carbocycles. The Balaban J connectivity index is 1.79. The molecule has 1 heterocycles. The minimum atomic E-state index is 0.697. The van der Waals surface area contributed by atoms with Crippen LogP contribution >= 0.6 is 15.9 Å². The maximum absolute atomic E-state index is 5.80. The Morgan fingerprint density at radius 2 is 1.78 bits per heavy atom. The lowest BCUT2D eigenvalue weighted by Gasteiger charge is -2.38. The first-order chi connectivity index (χ1) is 8.66. The zero-order valence-electron chi connectivity index (χ0n) is 11.2. The van der Waals surface area contributed by atoms with Crippen LogP contribution in [0.1, 0.15) is 33.1 Å². The second-order valence-electron chi connectivity index (χ2n) is 5.17. The Bertz CT molecular complexity index is 355. The van der Waals surface area contributed by atoms with Gasteiger partial charge in [-0.3, -0.25) is 4.90 Å². The van der Waals surface area contributed by atoms with Gasteiger partial charge in [-0.2, -0.15) is 0 Å². The highest BCUT2D eigenvalue weighted by molar-refractivity contribution is 9.10. The fraction of sp³-hybridized carbons (Fsp3) is 0.600. The number of rotatable bonds is 4. The Morgan fingerprint density at radius 1 is 1.17 bits per heavy atom. The predicted octanol–water partition coefficient (Wildman–Crippen LogP) is 4.09. The molecule has 1 aromatic rings. The molecule has 1 saturated heterocycles. The molecule has 3 heteroatoms. The monoisotopic (exact) mass is 311 g/mol. The van der Waals surface area contributed by atoms with E-state index in [9.17, 15) is 0 Å². The number of likely N-dealkylation sites (tertiary alicyclic amines) is 1. The topological polar surface area (TPSA) is 12.5 Å². The van der Waals surface area contributed by atoms with E-state index in [1.165, 1.54) is 19.3 Å². The molecule has 0 bridgehead atoms. The molecule has 2 nitrogen and oxygen atoms in total. The molecule has 1 aliphatic rings. The molecule has 1 fully saturated rings. The van der Waals surface area contributed by atoms with E-state index in [2.05, 4.69) is 34.7 Å². The van der Waals surface area contributed by atoms with Gasteiger partial charge in [0.25, 0.3) is 0 Å². The molecular weight excluding hydrogens is 290 g/mol. The van der Waals surface area contributed by atoms with E-state index < -0.39 is 0 Å². The number of halogens is 1. The summed E-state index contributed by atoms with van der Waals surface area (Å²) in [5.74, 6) is 0.954. The van der Waals surface area contributed by atoms with Crippen LogP contribution in [0.3, 0.4) is 0 Å². The lowest BCUT2D eigenvalue weighted by molar-refractivity contribution is 0.0851. The first kappa shape index (κ1) is 13.9. The first-order valence-corrected chi connectivity index (χ1v) is 7.60. The van der Waals surface area contributed by atoms with Crippen molar-refractivity contribution in [1.29, 1.82) is 0 Å². The van der Waals surface area contributed by atoms with Gasteiger partial charge in [-0.25, -0.2) is 0 Å². The molecule has 100 valence electrons. The highest BCUT2D eigenvalue weighted by Gasteiger charge is 2.23. The summed E-state index contributed by atoms with van der Waals surface area (Å²) in [6, 6.07) is 9.44. The average Bonchev–Trinajstić information content (AvgIpc) is 2.35. The van der Waals surface area contributed by atoms with Gasteiger partial charge in [-0.15, -0.1) is 0 Å². The number of nitrogens with zero attached hydrogens (tertiary/aromatic N) is 1. The molecule has 0 saturated carbocycles. The lowest BCUT2D eigenvalue weighted by atomic mass is 9.98. The van der Waals surface area contributed by atoms with Gasteiger partial charge in [0.15, 0.2) is 0 Å². The molecule has 2 unspecified atom stereocenters. The minimum absolute atomic E-state index is 0.697. The van der Waals surface area contributed by atoms with Crippen molar-refractivity contribution in [2.75, 3.05) is 13.2 Å². The Labute approximate surface area is 118 Å². The lowest BCUT2D eigenvalue weighted by Crippen LogP contribution is -2.45. The molecule has 0 N–H and O–H groups in total. The van der Waals surface area contributed by atoms with Gasteiger partial charge in [-0.1, -0.05) is 22.4 Å². The summed E-state index contributed by atoms with van der Waals surface area (Å²) in [4.78, 5) is 2.57. The second-order valence-corrected chi connectivity index (χ2v) is 6.08. The minimum Gasteiger partial charge on any atom is -0.492 e. The van der Waals surface area contributed by atoms with Gasteiger partial charge in [0.2, 0.25) is 0 Å². The molecule has 2 atom stereocenters. The van der Waals surface area contributed by atoms with E-state index in [1.807, 2.05) is 24.3 Å². The van der Waals surface area contributed by atoms with Crippen LogP contribution in [-0.4, -0.2) is 30.1 Å². The first-order valence-electron chi connectivity index (χ1n) is 6.81. The van der Waals surface area contributed by atoms with Crippen molar-refractivity contribution in [3.8, 4) is 5.75 Å². The fourth-order valence-electron chi connectivity index (χ4n) is 2.72. The predicted molar refractivity (Wildman–Crippen MR) is 79.1 cm³/mol. The third kappa shape index (κ3) is 3.72. The van der Waals surface area contributed by atoms with Crippen LogP contribution < -0.4 is 4.74 Å². The van der Waals surface area contributed by atoms with E-state index in [0.29, 0.717) is 12.1 Å². The zero-order valence-corrected chi connectivity index (χ0v) is 12.8. The van der Waals surface area contributed by atoms with Gasteiger partial charge in [0, 0.05) is 23.1 Å². The van der Waals surface area contributed by atoms with Crippen LogP contribution in [0.5, 0.6) is 5.75 Å². The Morgan fingerprint density at radius 3 is 2.39 bits per heavy atom. The molecule has 0 aliphatic carbocycles. The maximum Gasteiger partial charge on any atom is 0.119 e. The van der Waals surface area contributed by atoms with Crippen LogP contribution in [0, 0.1) is 0 Å². The molecular formula is C15H22BrNO. The van der Waals surface area contributed by atoms with Gasteiger partial charge in [-0.05, 0) is 51.0 Å². The second kappa shape index (κ2) is 6.58. The summed E-state index contributed by atoms with van der Waals surface area (Å²) < 4.78 is 6.89. The average molecular weight is 312 g/mol. The Kier molecular flexibility index (Phi) is 5.07. The number of hydrogen-bond acceptors (Lipinski definition) is 2. The van der Waals surface area contributed by atoms with Crippen molar-refractivity contribution in [1.82, 2.24) is 4.90 Å². The SMILES string of the molecule is CC1CCCC(C)N1CCOc1ccc(Br)cc1. The van der Waals surface area contributed by atoms with Crippen molar-refractivity contribution in [2.45, 2.75) is 45.2 Å². The summed E-state index contributed by atoms with van der Waals surface area (Å²) in [5, 5.41) is 0. The van der Waals surface area contributed by atoms with Crippen LogP contribution in [0.25, 0.3) is 0 Å². The van der Waals surface area contributed by atoms with Crippen LogP contribution in [0.4, 0.5) is 0 Å². The molecule has 0 radical (unpaired) electrons. The standard InChI is InChI=1S/C15H22BrNO/c1-12-4-3-5-13(2)17(12)10-11-18-15-8-6-14(16)7-9-15/h6-9,12-13H,3-5,10-11H2,1-2H3. The number of piperidine rings is 1. The van der Waals surface area contributed by atoms with Gasteiger partial charge < -0.3 is 4.74 Å². The highest BCUT2D eigenvalue weighted by atomic mass is 79.9. The molecule has 0 aromatic heterocycles. The van der Waals surface area contributed by atoms with Gasteiger partial charge >= 0.3 is 0 Å². The summed E-state index contributed by atoms with van der Waals surface area (Å²) >= 11 is 3.43. The molecule has 0 spiro atoms. The maximum atomic E-state index is 5.80. The van der Waals surface area contributed by atoms with E-state index in [-0.39, 0.29) is 0 Å². The van der Waals surface area contributed by atoms with Gasteiger partial charge in [0.1, 0.15) is 12.4 Å². The Hall–Kier alpha value is -0.540. The van der Waals surface area contributed by atoms with Crippen LogP contribution in [-0.2, 0) is 0 Å². The quantitative estimate of drug-likeness (QED) is 0.830. The van der Waals surface area contributed by atoms with E-state index in [4.69, 9.17) is 4.74 Å². The number of hydrogen-bond donors (Lipinski definition) is 0. The summed E-state index contributed by atoms with van der Waals surface area (Å²) in [6.07, 6.45) is 4.01. The van der Waals surface area contributed by atoms with Crippen molar-refractivity contribution in [3.05, 3.63) is 28.7 Å². The molecule has 0 amide bonds. The van der Waals surface area contributed by atoms with E-state index >= 15 is 0 Å². The van der Waals surface area contributed by atoms with E-state index in [1.54, 1.807) is 0 Å².